The fourth-order valence-electron chi connectivity index (χ4n) is 3.90. The Hall–Kier alpha value is -2.08. The zero-order valence-electron chi connectivity index (χ0n) is 15.6. The Bertz CT molecular complexity index is 620. The van der Waals surface area contributed by atoms with Gasteiger partial charge in [0, 0.05) is 32.2 Å². The molecule has 0 unspecified atom stereocenters. The number of hydrogen-bond donors (Lipinski definition) is 1. The molecule has 1 aromatic rings. The van der Waals surface area contributed by atoms with Crippen LogP contribution in [-0.4, -0.2) is 67.0 Å². The van der Waals surface area contributed by atoms with Crippen molar-refractivity contribution in [3.8, 4) is 5.75 Å². The fraction of sp³-hybridized carbons (Fsp3) is 0.600. The summed E-state index contributed by atoms with van der Waals surface area (Å²) in [5.41, 5.74) is 0.466. The molecule has 1 aromatic carbocycles. The van der Waals surface area contributed by atoms with Gasteiger partial charge in [0.15, 0.2) is 0 Å². The van der Waals surface area contributed by atoms with E-state index in [9.17, 15) is 9.59 Å². The van der Waals surface area contributed by atoms with Gasteiger partial charge in [0.2, 0.25) is 5.91 Å². The van der Waals surface area contributed by atoms with Crippen molar-refractivity contribution in [1.29, 1.82) is 0 Å². The molecule has 3 rings (SSSR count). The van der Waals surface area contributed by atoms with Crippen LogP contribution in [0.15, 0.2) is 24.3 Å². The number of carbonyl (C=O) groups is 2. The Kier molecular flexibility index (Phi) is 6.50. The van der Waals surface area contributed by atoms with Crippen LogP contribution in [-0.2, 0) is 4.79 Å². The van der Waals surface area contributed by atoms with E-state index in [1.165, 1.54) is 25.7 Å². The van der Waals surface area contributed by atoms with Crippen molar-refractivity contribution < 1.29 is 14.3 Å². The molecule has 6 heteroatoms. The average molecular weight is 359 g/mol. The SMILES string of the molecule is CCOc1ccccc1C(=O)NCC(=O)N1CCN(C2CCCC2)CC1. The lowest BCUT2D eigenvalue weighted by atomic mass is 10.1. The van der Waals surface area contributed by atoms with Crippen LogP contribution < -0.4 is 10.1 Å². The van der Waals surface area contributed by atoms with Gasteiger partial charge in [-0.15, -0.1) is 0 Å². The summed E-state index contributed by atoms with van der Waals surface area (Å²) < 4.78 is 5.48. The average Bonchev–Trinajstić information content (AvgIpc) is 3.21. The van der Waals surface area contributed by atoms with E-state index < -0.39 is 0 Å². The molecule has 0 aromatic heterocycles. The quantitative estimate of drug-likeness (QED) is 0.843. The number of benzene rings is 1. The summed E-state index contributed by atoms with van der Waals surface area (Å²) in [4.78, 5) is 29.2. The van der Waals surface area contributed by atoms with Gasteiger partial charge in [0.25, 0.3) is 5.91 Å². The summed E-state index contributed by atoms with van der Waals surface area (Å²) in [7, 11) is 0. The van der Waals surface area contributed by atoms with Gasteiger partial charge in [-0.2, -0.15) is 0 Å². The molecule has 0 atom stereocenters. The van der Waals surface area contributed by atoms with E-state index >= 15 is 0 Å². The van der Waals surface area contributed by atoms with Crippen molar-refractivity contribution >= 4 is 11.8 Å². The second-order valence-corrected chi connectivity index (χ2v) is 6.97. The van der Waals surface area contributed by atoms with Gasteiger partial charge in [-0.1, -0.05) is 25.0 Å². The van der Waals surface area contributed by atoms with Crippen LogP contribution in [0.25, 0.3) is 0 Å². The molecule has 6 nitrogen and oxygen atoms in total. The number of piperazine rings is 1. The predicted octanol–water partition coefficient (Wildman–Crippen LogP) is 1.90. The van der Waals surface area contributed by atoms with Crippen LogP contribution in [0.4, 0.5) is 0 Å². The second-order valence-electron chi connectivity index (χ2n) is 6.97. The minimum Gasteiger partial charge on any atom is -0.493 e. The number of ether oxygens (including phenoxy) is 1. The van der Waals surface area contributed by atoms with E-state index in [4.69, 9.17) is 4.74 Å². The number of hydrogen-bond acceptors (Lipinski definition) is 4. The Labute approximate surface area is 155 Å². The highest BCUT2D eigenvalue weighted by molar-refractivity contribution is 5.98. The number of carbonyl (C=O) groups excluding carboxylic acids is 2. The van der Waals surface area contributed by atoms with Gasteiger partial charge >= 0.3 is 0 Å². The Morgan fingerprint density at radius 1 is 1.12 bits per heavy atom. The van der Waals surface area contributed by atoms with E-state index in [-0.39, 0.29) is 18.4 Å². The van der Waals surface area contributed by atoms with Gasteiger partial charge in [-0.3, -0.25) is 14.5 Å². The third-order valence-corrected chi connectivity index (χ3v) is 5.34. The van der Waals surface area contributed by atoms with Crippen molar-refractivity contribution in [1.82, 2.24) is 15.1 Å². The minimum atomic E-state index is -0.271. The maximum atomic E-state index is 12.4. The molecule has 2 aliphatic rings. The zero-order valence-corrected chi connectivity index (χ0v) is 15.6. The normalized spacial score (nSPS) is 18.7. The molecule has 1 aliphatic heterocycles. The highest BCUT2D eigenvalue weighted by atomic mass is 16.5. The van der Waals surface area contributed by atoms with Gasteiger partial charge in [-0.25, -0.2) is 0 Å². The van der Waals surface area contributed by atoms with Crippen LogP contribution in [0.3, 0.4) is 0 Å². The maximum Gasteiger partial charge on any atom is 0.255 e. The molecular weight excluding hydrogens is 330 g/mol. The van der Waals surface area contributed by atoms with E-state index in [0.29, 0.717) is 24.0 Å². The highest BCUT2D eigenvalue weighted by Gasteiger charge is 2.27. The first-order chi connectivity index (χ1) is 12.7. The summed E-state index contributed by atoms with van der Waals surface area (Å²) >= 11 is 0. The molecule has 1 heterocycles. The molecule has 0 radical (unpaired) electrons. The standard InChI is InChI=1S/C20H29N3O3/c1-2-26-18-10-6-5-9-17(18)20(25)21-15-19(24)23-13-11-22(12-14-23)16-7-3-4-8-16/h5-6,9-10,16H,2-4,7-8,11-15H2,1H3,(H,21,25). The molecule has 2 fully saturated rings. The zero-order chi connectivity index (χ0) is 18.4. The maximum absolute atomic E-state index is 12.4. The molecular formula is C20H29N3O3. The van der Waals surface area contributed by atoms with Gasteiger partial charge < -0.3 is 15.0 Å². The Morgan fingerprint density at radius 3 is 2.50 bits per heavy atom. The van der Waals surface area contributed by atoms with Crippen LogP contribution in [0, 0.1) is 0 Å². The first kappa shape index (κ1) is 18.7. The van der Waals surface area contributed by atoms with Gasteiger partial charge in [-0.05, 0) is 31.9 Å². The van der Waals surface area contributed by atoms with Crippen molar-refractivity contribution in [3.63, 3.8) is 0 Å². The summed E-state index contributed by atoms with van der Waals surface area (Å²) in [5.74, 6) is 0.260. The van der Waals surface area contributed by atoms with Crippen LogP contribution in [0.5, 0.6) is 5.75 Å². The van der Waals surface area contributed by atoms with Crippen LogP contribution >= 0.6 is 0 Å². The van der Waals surface area contributed by atoms with E-state index in [0.717, 1.165) is 26.2 Å². The Morgan fingerprint density at radius 2 is 1.81 bits per heavy atom. The van der Waals surface area contributed by atoms with Crippen molar-refractivity contribution in [2.75, 3.05) is 39.3 Å². The van der Waals surface area contributed by atoms with E-state index in [1.807, 2.05) is 17.9 Å². The smallest absolute Gasteiger partial charge is 0.255 e. The molecule has 0 spiro atoms. The number of rotatable bonds is 6. The van der Waals surface area contributed by atoms with Gasteiger partial charge in [0.05, 0.1) is 18.7 Å². The van der Waals surface area contributed by atoms with Crippen molar-refractivity contribution in [2.24, 2.45) is 0 Å². The predicted molar refractivity (Wildman–Crippen MR) is 100 cm³/mol. The molecule has 0 bridgehead atoms. The minimum absolute atomic E-state index is 0.0155. The molecule has 2 amide bonds. The van der Waals surface area contributed by atoms with Crippen molar-refractivity contribution in [3.05, 3.63) is 29.8 Å². The lowest BCUT2D eigenvalue weighted by Gasteiger charge is -2.38. The van der Waals surface area contributed by atoms with E-state index in [2.05, 4.69) is 10.2 Å². The molecule has 1 aliphatic carbocycles. The molecule has 1 saturated heterocycles. The number of nitrogens with zero attached hydrogens (tertiary/aromatic N) is 2. The lowest BCUT2D eigenvalue weighted by Crippen LogP contribution is -2.53. The molecule has 1 saturated carbocycles. The van der Waals surface area contributed by atoms with Gasteiger partial charge in [0.1, 0.15) is 5.75 Å². The third kappa shape index (κ3) is 4.55. The monoisotopic (exact) mass is 359 g/mol. The van der Waals surface area contributed by atoms with Crippen molar-refractivity contribution in [2.45, 2.75) is 38.6 Å². The Balaban J connectivity index is 1.46. The molecule has 26 heavy (non-hydrogen) atoms. The summed E-state index contributed by atoms with van der Waals surface area (Å²) in [5, 5.41) is 2.74. The number of para-hydroxylation sites is 1. The fourth-order valence-corrected chi connectivity index (χ4v) is 3.90. The summed E-state index contributed by atoms with van der Waals surface area (Å²) in [6.07, 6.45) is 5.25. The third-order valence-electron chi connectivity index (χ3n) is 5.34. The number of nitrogens with one attached hydrogen (secondary N) is 1. The summed E-state index contributed by atoms with van der Waals surface area (Å²) in [6, 6.07) is 7.81. The first-order valence-corrected chi connectivity index (χ1v) is 9.71. The topological polar surface area (TPSA) is 61.9 Å². The highest BCUT2D eigenvalue weighted by Crippen LogP contribution is 2.24. The number of amides is 2. The van der Waals surface area contributed by atoms with Crippen LogP contribution in [0.1, 0.15) is 43.0 Å². The summed E-state index contributed by atoms with van der Waals surface area (Å²) in [6.45, 7) is 5.79. The van der Waals surface area contributed by atoms with E-state index in [1.54, 1.807) is 18.2 Å². The largest absolute Gasteiger partial charge is 0.493 e. The second kappa shape index (κ2) is 9.03. The van der Waals surface area contributed by atoms with Crippen LogP contribution in [0.2, 0.25) is 0 Å². The lowest BCUT2D eigenvalue weighted by molar-refractivity contribution is -0.132. The molecule has 142 valence electrons. The first-order valence-electron chi connectivity index (χ1n) is 9.71. The molecule has 1 N–H and O–H groups in total.